The normalized spacial score (nSPS) is 14.2. The molecule has 0 fully saturated rings. The largest absolute Gasteiger partial charge is 0.385 e. The van der Waals surface area contributed by atoms with E-state index in [1.54, 1.807) is 11.8 Å². The average molecular weight is 302 g/mol. The quantitative estimate of drug-likeness (QED) is 0.909. The SMILES string of the molecule is C=C(NCCC)c1ccc(C2=NN=C(N(C)C)SC2)cc1. The van der Waals surface area contributed by atoms with Crippen LogP contribution in [0.2, 0.25) is 0 Å². The van der Waals surface area contributed by atoms with Crippen LogP contribution < -0.4 is 5.32 Å². The van der Waals surface area contributed by atoms with Crippen molar-refractivity contribution in [2.24, 2.45) is 10.2 Å². The van der Waals surface area contributed by atoms with Crippen molar-refractivity contribution in [3.05, 3.63) is 42.0 Å². The van der Waals surface area contributed by atoms with Crippen molar-refractivity contribution < 1.29 is 0 Å². The van der Waals surface area contributed by atoms with Gasteiger partial charge in [-0.15, -0.1) is 5.10 Å². The molecule has 1 aliphatic heterocycles. The lowest BCUT2D eigenvalue weighted by Gasteiger charge is -2.17. The molecule has 0 aromatic heterocycles. The van der Waals surface area contributed by atoms with Gasteiger partial charge in [0.2, 0.25) is 0 Å². The van der Waals surface area contributed by atoms with E-state index in [-0.39, 0.29) is 0 Å². The summed E-state index contributed by atoms with van der Waals surface area (Å²) in [5, 5.41) is 12.8. The summed E-state index contributed by atoms with van der Waals surface area (Å²) in [6, 6.07) is 8.34. The molecule has 0 saturated carbocycles. The van der Waals surface area contributed by atoms with Crippen molar-refractivity contribution in [3.63, 3.8) is 0 Å². The summed E-state index contributed by atoms with van der Waals surface area (Å²) in [7, 11) is 3.96. The second-order valence-corrected chi connectivity index (χ2v) is 6.04. The topological polar surface area (TPSA) is 40.0 Å². The Bertz CT molecular complexity index is 558. The van der Waals surface area contributed by atoms with E-state index in [0.29, 0.717) is 0 Å². The van der Waals surface area contributed by atoms with E-state index in [2.05, 4.69) is 53.3 Å². The molecule has 0 unspecified atom stereocenters. The van der Waals surface area contributed by atoms with Gasteiger partial charge in [0.05, 0.1) is 5.71 Å². The Morgan fingerprint density at radius 2 is 2.00 bits per heavy atom. The third-order valence-corrected chi connectivity index (χ3v) is 4.25. The summed E-state index contributed by atoms with van der Waals surface area (Å²) >= 11 is 1.71. The fraction of sp³-hybridized carbons (Fsp3) is 0.375. The van der Waals surface area contributed by atoms with Crippen LogP contribution in [0.1, 0.15) is 24.5 Å². The van der Waals surface area contributed by atoms with Gasteiger partial charge in [0.15, 0.2) is 5.17 Å². The van der Waals surface area contributed by atoms with Gasteiger partial charge >= 0.3 is 0 Å². The van der Waals surface area contributed by atoms with Gasteiger partial charge in [-0.2, -0.15) is 5.10 Å². The van der Waals surface area contributed by atoms with Gasteiger partial charge in [-0.1, -0.05) is 49.5 Å². The summed E-state index contributed by atoms with van der Waals surface area (Å²) in [6.45, 7) is 7.16. The average Bonchev–Trinajstić information content (AvgIpc) is 2.53. The first kappa shape index (κ1) is 15.6. The van der Waals surface area contributed by atoms with Crippen LogP contribution in [0.4, 0.5) is 0 Å². The highest BCUT2D eigenvalue weighted by atomic mass is 32.2. The van der Waals surface area contributed by atoms with E-state index in [4.69, 9.17) is 0 Å². The van der Waals surface area contributed by atoms with Crippen molar-refractivity contribution in [2.75, 3.05) is 26.4 Å². The van der Waals surface area contributed by atoms with Crippen LogP contribution in [0.25, 0.3) is 5.70 Å². The van der Waals surface area contributed by atoms with Crippen molar-refractivity contribution in [3.8, 4) is 0 Å². The van der Waals surface area contributed by atoms with E-state index in [1.165, 1.54) is 0 Å². The first-order chi connectivity index (χ1) is 10.1. The molecular formula is C16H22N4S. The predicted octanol–water partition coefficient (Wildman–Crippen LogP) is 3.03. The molecule has 1 heterocycles. The smallest absolute Gasteiger partial charge is 0.185 e. The van der Waals surface area contributed by atoms with E-state index >= 15 is 0 Å². The van der Waals surface area contributed by atoms with Crippen LogP contribution in [0.3, 0.4) is 0 Å². The molecule has 2 rings (SSSR count). The maximum absolute atomic E-state index is 4.33. The molecule has 0 amide bonds. The second kappa shape index (κ2) is 7.31. The molecular weight excluding hydrogens is 280 g/mol. The fourth-order valence-electron chi connectivity index (χ4n) is 1.90. The Kier molecular flexibility index (Phi) is 5.44. The van der Waals surface area contributed by atoms with Crippen molar-refractivity contribution >= 4 is 28.3 Å². The standard InChI is InChI=1S/C16H22N4S/c1-5-10-17-12(2)13-6-8-14(9-7-13)15-11-21-16(19-18-15)20(3)4/h6-9,17H,2,5,10-11H2,1,3-4H3. The number of hydrogen-bond donors (Lipinski definition) is 1. The zero-order chi connectivity index (χ0) is 15.2. The molecule has 0 saturated heterocycles. The number of amidine groups is 1. The third kappa shape index (κ3) is 4.11. The number of benzene rings is 1. The summed E-state index contributed by atoms with van der Waals surface area (Å²) in [5.74, 6) is 0.853. The summed E-state index contributed by atoms with van der Waals surface area (Å²) in [4.78, 5) is 1.98. The van der Waals surface area contributed by atoms with E-state index in [9.17, 15) is 0 Å². The van der Waals surface area contributed by atoms with Gasteiger partial charge < -0.3 is 10.2 Å². The van der Waals surface area contributed by atoms with Crippen LogP contribution in [0, 0.1) is 0 Å². The molecule has 1 aromatic carbocycles. The molecule has 0 bridgehead atoms. The highest BCUT2D eigenvalue weighted by molar-refractivity contribution is 8.14. The highest BCUT2D eigenvalue weighted by Gasteiger charge is 2.13. The summed E-state index contributed by atoms with van der Waals surface area (Å²) in [5.41, 5.74) is 4.23. The molecule has 21 heavy (non-hydrogen) atoms. The Morgan fingerprint density at radius 1 is 1.29 bits per heavy atom. The molecule has 0 atom stereocenters. The fourth-order valence-corrected chi connectivity index (χ4v) is 2.74. The van der Waals surface area contributed by atoms with Gasteiger partial charge in [-0.3, -0.25) is 0 Å². The van der Waals surface area contributed by atoms with E-state index < -0.39 is 0 Å². The number of thioether (sulfide) groups is 1. The first-order valence-corrected chi connectivity index (χ1v) is 8.08. The van der Waals surface area contributed by atoms with Crippen molar-refractivity contribution in [1.82, 2.24) is 10.2 Å². The lowest BCUT2D eigenvalue weighted by molar-refractivity contribution is 0.633. The molecule has 4 nitrogen and oxygen atoms in total. The maximum atomic E-state index is 4.33. The zero-order valence-electron chi connectivity index (χ0n) is 12.9. The molecule has 1 aromatic rings. The number of hydrogen-bond acceptors (Lipinski definition) is 5. The summed E-state index contributed by atoms with van der Waals surface area (Å²) < 4.78 is 0. The predicted molar refractivity (Wildman–Crippen MR) is 93.9 cm³/mol. The maximum Gasteiger partial charge on any atom is 0.185 e. The third-order valence-electron chi connectivity index (χ3n) is 3.13. The zero-order valence-corrected chi connectivity index (χ0v) is 13.7. The minimum atomic E-state index is 0.853. The van der Waals surface area contributed by atoms with Crippen molar-refractivity contribution in [2.45, 2.75) is 13.3 Å². The van der Waals surface area contributed by atoms with Gasteiger partial charge in [-0.05, 0) is 17.5 Å². The van der Waals surface area contributed by atoms with Gasteiger partial charge in [0.1, 0.15) is 0 Å². The van der Waals surface area contributed by atoms with Crippen molar-refractivity contribution in [1.29, 1.82) is 0 Å². The molecule has 1 aliphatic rings. The number of rotatable bonds is 5. The minimum Gasteiger partial charge on any atom is -0.385 e. The van der Waals surface area contributed by atoms with Crippen LogP contribution in [0.15, 0.2) is 41.0 Å². The van der Waals surface area contributed by atoms with Crippen LogP contribution in [0.5, 0.6) is 0 Å². The molecule has 5 heteroatoms. The Hall–Kier alpha value is -1.75. The Morgan fingerprint density at radius 3 is 2.52 bits per heavy atom. The summed E-state index contributed by atoms with van der Waals surface area (Å²) in [6.07, 6.45) is 1.09. The highest BCUT2D eigenvalue weighted by Crippen LogP contribution is 2.18. The lowest BCUT2D eigenvalue weighted by atomic mass is 10.1. The van der Waals surface area contributed by atoms with E-state index in [1.807, 2.05) is 19.0 Å². The van der Waals surface area contributed by atoms with Gasteiger partial charge in [-0.25, -0.2) is 0 Å². The van der Waals surface area contributed by atoms with Crippen LogP contribution >= 0.6 is 11.8 Å². The molecule has 1 N–H and O–H groups in total. The van der Waals surface area contributed by atoms with Gasteiger partial charge in [0.25, 0.3) is 0 Å². The molecule has 0 aliphatic carbocycles. The molecule has 0 radical (unpaired) electrons. The number of nitrogens with one attached hydrogen (secondary N) is 1. The Balaban J connectivity index is 2.08. The van der Waals surface area contributed by atoms with Crippen LogP contribution in [-0.2, 0) is 0 Å². The van der Waals surface area contributed by atoms with E-state index in [0.717, 1.165) is 46.4 Å². The lowest BCUT2D eigenvalue weighted by Crippen LogP contribution is -2.23. The monoisotopic (exact) mass is 302 g/mol. The first-order valence-electron chi connectivity index (χ1n) is 7.10. The Labute approximate surface area is 131 Å². The minimum absolute atomic E-state index is 0.853. The van der Waals surface area contributed by atoms with Gasteiger partial charge in [0, 0.05) is 32.1 Å². The molecule has 112 valence electrons. The second-order valence-electron chi connectivity index (χ2n) is 5.10. The van der Waals surface area contributed by atoms with Crippen LogP contribution in [-0.4, -0.2) is 42.2 Å². The number of nitrogens with zero attached hydrogens (tertiary/aromatic N) is 3. The molecule has 0 spiro atoms.